The molecule has 1 amide bonds. The van der Waals surface area contributed by atoms with Crippen LogP contribution in [0.15, 0.2) is 57.9 Å². The van der Waals surface area contributed by atoms with Crippen molar-refractivity contribution in [2.45, 2.75) is 25.2 Å². The van der Waals surface area contributed by atoms with Crippen LogP contribution in [-0.4, -0.2) is 63.4 Å². The number of aryl methyl sites for hydroxylation is 1. The van der Waals surface area contributed by atoms with Gasteiger partial charge in [0.25, 0.3) is 0 Å². The molecule has 0 saturated carbocycles. The summed E-state index contributed by atoms with van der Waals surface area (Å²) in [5, 5.41) is 3.95. The number of rotatable bonds is 7. The third-order valence-corrected chi connectivity index (χ3v) is 7.99. The van der Waals surface area contributed by atoms with Gasteiger partial charge in [-0.25, -0.2) is 8.42 Å². The van der Waals surface area contributed by atoms with Crippen LogP contribution in [0.1, 0.15) is 17.7 Å². The summed E-state index contributed by atoms with van der Waals surface area (Å²) in [7, 11) is -2.35. The molecule has 9 heteroatoms. The maximum atomic E-state index is 13.2. The minimum Gasteiger partial charge on any atom is -0.495 e. The van der Waals surface area contributed by atoms with Crippen LogP contribution in [0.3, 0.4) is 0 Å². The number of aromatic nitrogens is 1. The first-order valence-corrected chi connectivity index (χ1v) is 12.9. The molecule has 0 atom stereocenters. The highest BCUT2D eigenvalue weighted by molar-refractivity contribution is 7.91. The molecule has 4 rings (SSSR count). The van der Waals surface area contributed by atoms with E-state index in [1.54, 1.807) is 17.0 Å². The minimum atomic E-state index is -3.77. The maximum Gasteiger partial charge on any atom is 0.223 e. The molecule has 1 saturated heterocycles. The average molecular weight is 484 g/mol. The molecule has 0 bridgehead atoms. The molecular formula is C25H29N3O5S. The lowest BCUT2D eigenvalue weighted by molar-refractivity contribution is -0.131. The van der Waals surface area contributed by atoms with Gasteiger partial charge >= 0.3 is 0 Å². The maximum absolute atomic E-state index is 13.2. The second-order valence-electron chi connectivity index (χ2n) is 8.36. The third kappa shape index (κ3) is 4.94. The monoisotopic (exact) mass is 483 g/mol. The second kappa shape index (κ2) is 9.89. The van der Waals surface area contributed by atoms with Gasteiger partial charge in [0.05, 0.1) is 18.6 Å². The lowest BCUT2D eigenvalue weighted by Crippen LogP contribution is -2.49. The zero-order valence-corrected chi connectivity index (χ0v) is 20.5. The Balaban J connectivity index is 1.43. The number of ether oxygens (including phenoxy) is 1. The van der Waals surface area contributed by atoms with Crippen molar-refractivity contribution >= 4 is 21.4 Å². The van der Waals surface area contributed by atoms with E-state index in [9.17, 15) is 13.2 Å². The molecule has 0 radical (unpaired) electrons. The van der Waals surface area contributed by atoms with Crippen LogP contribution in [0.2, 0.25) is 0 Å². The van der Waals surface area contributed by atoms with E-state index in [1.165, 1.54) is 13.2 Å². The van der Waals surface area contributed by atoms with E-state index in [0.717, 1.165) is 16.9 Å². The molecule has 1 fully saturated rings. The van der Waals surface area contributed by atoms with Gasteiger partial charge in [-0.15, -0.1) is 0 Å². The van der Waals surface area contributed by atoms with E-state index in [0.29, 0.717) is 37.5 Å². The highest BCUT2D eigenvalue weighted by Gasteiger charge is 2.26. The van der Waals surface area contributed by atoms with Crippen LogP contribution >= 0.6 is 0 Å². The lowest BCUT2D eigenvalue weighted by Gasteiger charge is -2.36. The fourth-order valence-electron chi connectivity index (χ4n) is 4.09. The van der Waals surface area contributed by atoms with Crippen molar-refractivity contribution in [3.63, 3.8) is 0 Å². The summed E-state index contributed by atoms with van der Waals surface area (Å²) in [5.74, 6) is 0.303. The molecule has 1 aromatic heterocycles. The molecule has 3 aromatic rings. The number of anilines is 1. The number of carbonyl (C=O) groups is 1. The third-order valence-electron chi connectivity index (χ3n) is 6.26. The largest absolute Gasteiger partial charge is 0.495 e. The Labute approximate surface area is 200 Å². The number of amides is 1. The zero-order valence-electron chi connectivity index (χ0n) is 19.7. The Kier molecular flexibility index (Phi) is 6.92. The van der Waals surface area contributed by atoms with Gasteiger partial charge in [-0.3, -0.25) is 4.79 Å². The van der Waals surface area contributed by atoms with Crippen LogP contribution in [0.25, 0.3) is 11.3 Å². The van der Waals surface area contributed by atoms with Crippen LogP contribution < -0.4 is 9.64 Å². The number of nitrogens with zero attached hydrogens (tertiary/aromatic N) is 3. The van der Waals surface area contributed by atoms with E-state index in [4.69, 9.17) is 9.26 Å². The van der Waals surface area contributed by atoms with Crippen molar-refractivity contribution in [2.24, 2.45) is 0 Å². The number of benzene rings is 2. The van der Waals surface area contributed by atoms with E-state index in [2.05, 4.69) is 10.1 Å². The number of carbonyl (C=O) groups excluding carboxylic acids is 1. The van der Waals surface area contributed by atoms with Gasteiger partial charge in [0.1, 0.15) is 10.6 Å². The van der Waals surface area contributed by atoms with Crippen molar-refractivity contribution in [3.05, 3.63) is 59.8 Å². The molecular weight excluding hydrogens is 454 g/mol. The topological polar surface area (TPSA) is 92.9 Å². The summed E-state index contributed by atoms with van der Waals surface area (Å²) in [6.45, 7) is 6.26. The fourth-order valence-corrected chi connectivity index (χ4v) is 5.52. The van der Waals surface area contributed by atoms with Gasteiger partial charge in [-0.1, -0.05) is 23.4 Å². The van der Waals surface area contributed by atoms with Crippen LogP contribution in [0.4, 0.5) is 5.69 Å². The van der Waals surface area contributed by atoms with E-state index >= 15 is 0 Å². The summed E-state index contributed by atoms with van der Waals surface area (Å²) in [5.41, 5.74) is 3.31. The van der Waals surface area contributed by atoms with Crippen molar-refractivity contribution in [1.29, 1.82) is 0 Å². The quantitative estimate of drug-likeness (QED) is 0.508. The van der Waals surface area contributed by atoms with Gasteiger partial charge in [-0.2, -0.15) is 0 Å². The Hall–Kier alpha value is -3.33. The molecule has 0 spiro atoms. The summed E-state index contributed by atoms with van der Waals surface area (Å²) in [4.78, 5) is 16.8. The summed E-state index contributed by atoms with van der Waals surface area (Å²) in [6.07, 6.45) is -0.0818. The van der Waals surface area contributed by atoms with Crippen LogP contribution in [0.5, 0.6) is 5.75 Å². The standard InChI is InChI=1S/C25H29N3O5S/c1-18-19(2)26-33-25(18)20-9-10-22(32-3)23(17-20)34(30,31)16-11-24(29)28-14-12-27(13-15-28)21-7-5-4-6-8-21/h4-10,17H,11-16H2,1-3H3. The van der Waals surface area contributed by atoms with Gasteiger partial charge in [0.2, 0.25) is 5.91 Å². The number of sulfone groups is 1. The molecule has 1 aliphatic heterocycles. The van der Waals surface area contributed by atoms with Gasteiger partial charge in [-0.05, 0) is 44.2 Å². The SMILES string of the molecule is COc1ccc(-c2onc(C)c2C)cc1S(=O)(=O)CCC(=O)N1CCN(c2ccccc2)CC1. The summed E-state index contributed by atoms with van der Waals surface area (Å²) in [6, 6.07) is 14.9. The molecule has 0 unspecified atom stereocenters. The molecule has 1 aliphatic rings. The smallest absolute Gasteiger partial charge is 0.223 e. The van der Waals surface area contributed by atoms with Gasteiger partial charge in [0.15, 0.2) is 15.6 Å². The molecule has 8 nitrogen and oxygen atoms in total. The minimum absolute atomic E-state index is 0.0441. The Bertz CT molecular complexity index is 1260. The Morgan fingerprint density at radius 1 is 1.06 bits per heavy atom. The number of para-hydroxylation sites is 1. The Morgan fingerprint density at radius 2 is 1.76 bits per heavy atom. The molecule has 2 heterocycles. The van der Waals surface area contributed by atoms with E-state index in [1.807, 2.05) is 44.2 Å². The molecule has 34 heavy (non-hydrogen) atoms. The first-order valence-electron chi connectivity index (χ1n) is 11.2. The Morgan fingerprint density at radius 3 is 2.38 bits per heavy atom. The van der Waals surface area contributed by atoms with Gasteiger partial charge in [0, 0.05) is 49.4 Å². The number of hydrogen-bond acceptors (Lipinski definition) is 7. The molecule has 2 aromatic carbocycles. The second-order valence-corrected chi connectivity index (χ2v) is 10.4. The number of piperazine rings is 1. The normalized spacial score (nSPS) is 14.3. The summed E-state index contributed by atoms with van der Waals surface area (Å²) < 4.78 is 37.1. The first kappa shape index (κ1) is 23.8. The summed E-state index contributed by atoms with van der Waals surface area (Å²) >= 11 is 0. The van der Waals surface area contributed by atoms with Crippen LogP contribution in [0, 0.1) is 13.8 Å². The van der Waals surface area contributed by atoms with Crippen molar-refractivity contribution < 1.29 is 22.5 Å². The predicted octanol–water partition coefficient (Wildman–Crippen LogP) is 3.48. The average Bonchev–Trinajstić information content (AvgIpc) is 3.20. The van der Waals surface area contributed by atoms with Gasteiger partial charge < -0.3 is 19.1 Å². The zero-order chi connectivity index (χ0) is 24.3. The lowest BCUT2D eigenvalue weighted by atomic mass is 10.1. The van der Waals surface area contributed by atoms with Crippen molar-refractivity contribution in [2.75, 3.05) is 43.9 Å². The van der Waals surface area contributed by atoms with Crippen molar-refractivity contribution in [3.8, 4) is 17.1 Å². The van der Waals surface area contributed by atoms with Crippen LogP contribution in [-0.2, 0) is 14.6 Å². The predicted molar refractivity (Wildman–Crippen MR) is 130 cm³/mol. The first-order chi connectivity index (χ1) is 16.3. The van der Waals surface area contributed by atoms with E-state index in [-0.39, 0.29) is 28.7 Å². The van der Waals surface area contributed by atoms with E-state index < -0.39 is 9.84 Å². The number of hydrogen-bond donors (Lipinski definition) is 0. The fraction of sp³-hybridized carbons (Fsp3) is 0.360. The highest BCUT2D eigenvalue weighted by atomic mass is 32.2. The molecule has 180 valence electrons. The number of methoxy groups -OCH3 is 1. The molecule has 0 aliphatic carbocycles. The van der Waals surface area contributed by atoms with Crippen molar-refractivity contribution in [1.82, 2.24) is 10.1 Å². The molecule has 0 N–H and O–H groups in total. The highest BCUT2D eigenvalue weighted by Crippen LogP contribution is 2.33.